The second kappa shape index (κ2) is 5.23. The number of aromatic nitrogens is 3. The summed E-state index contributed by atoms with van der Waals surface area (Å²) in [6.07, 6.45) is 6.62. The quantitative estimate of drug-likeness (QED) is 0.761. The molecule has 1 unspecified atom stereocenters. The van der Waals surface area contributed by atoms with Gasteiger partial charge in [-0.3, -0.25) is 4.68 Å². The van der Waals surface area contributed by atoms with Gasteiger partial charge in [-0.05, 0) is 25.8 Å². The molecule has 0 bridgehead atoms. The molecule has 2 heterocycles. The summed E-state index contributed by atoms with van der Waals surface area (Å²) in [7, 11) is 0. The third-order valence-electron chi connectivity index (χ3n) is 2.69. The van der Waals surface area contributed by atoms with Crippen LogP contribution in [0.1, 0.15) is 25.0 Å². The molecule has 0 radical (unpaired) electrons. The van der Waals surface area contributed by atoms with E-state index in [1.54, 1.807) is 0 Å². The van der Waals surface area contributed by atoms with E-state index in [4.69, 9.17) is 10.5 Å². The Balaban J connectivity index is 1.77. The first-order chi connectivity index (χ1) is 7.38. The molecule has 0 spiro atoms. The Bertz CT molecular complexity index is 293. The minimum Gasteiger partial charge on any atom is -0.378 e. The summed E-state index contributed by atoms with van der Waals surface area (Å²) in [4.78, 5) is 0. The summed E-state index contributed by atoms with van der Waals surface area (Å²) in [5, 5.41) is 8.09. The van der Waals surface area contributed by atoms with Crippen LogP contribution in [0.5, 0.6) is 0 Å². The Kier molecular flexibility index (Phi) is 3.69. The maximum absolute atomic E-state index is 5.55. The third-order valence-corrected chi connectivity index (χ3v) is 2.69. The molecule has 1 fully saturated rings. The standard InChI is InChI=1S/C10H18N4O/c11-5-3-9-8-14(13-12-9)6-4-10-2-1-7-15-10/h8,10H,1-7,11H2. The van der Waals surface area contributed by atoms with Crippen LogP contribution in [-0.2, 0) is 17.7 Å². The highest BCUT2D eigenvalue weighted by Crippen LogP contribution is 2.15. The first-order valence-electron chi connectivity index (χ1n) is 5.59. The number of nitrogens with two attached hydrogens (primary N) is 1. The van der Waals surface area contributed by atoms with Gasteiger partial charge in [0.2, 0.25) is 0 Å². The molecule has 84 valence electrons. The lowest BCUT2D eigenvalue weighted by Gasteiger charge is -2.07. The zero-order chi connectivity index (χ0) is 10.5. The normalized spacial score (nSPS) is 21.0. The average molecular weight is 210 g/mol. The zero-order valence-corrected chi connectivity index (χ0v) is 8.93. The lowest BCUT2D eigenvalue weighted by atomic mass is 10.2. The first-order valence-corrected chi connectivity index (χ1v) is 5.59. The predicted octanol–water partition coefficient (Wildman–Crippen LogP) is 0.348. The van der Waals surface area contributed by atoms with Crippen LogP contribution in [0, 0.1) is 0 Å². The van der Waals surface area contributed by atoms with Crippen molar-refractivity contribution in [3.05, 3.63) is 11.9 Å². The van der Waals surface area contributed by atoms with Gasteiger partial charge in [-0.25, -0.2) is 0 Å². The van der Waals surface area contributed by atoms with Gasteiger partial charge < -0.3 is 10.5 Å². The lowest BCUT2D eigenvalue weighted by molar-refractivity contribution is 0.0993. The van der Waals surface area contributed by atoms with Crippen molar-refractivity contribution in [2.45, 2.75) is 38.3 Å². The van der Waals surface area contributed by atoms with E-state index in [-0.39, 0.29) is 0 Å². The van der Waals surface area contributed by atoms with Gasteiger partial charge in [0.1, 0.15) is 0 Å². The number of hydrogen-bond donors (Lipinski definition) is 1. The lowest BCUT2D eigenvalue weighted by Crippen LogP contribution is -2.10. The van der Waals surface area contributed by atoms with Crippen molar-refractivity contribution in [2.75, 3.05) is 13.2 Å². The molecule has 1 aromatic heterocycles. The summed E-state index contributed by atoms with van der Waals surface area (Å²) in [6.45, 7) is 2.44. The molecule has 1 aromatic rings. The molecular formula is C10H18N4O. The van der Waals surface area contributed by atoms with Crippen LogP contribution in [0.3, 0.4) is 0 Å². The second-order valence-electron chi connectivity index (χ2n) is 3.94. The molecule has 0 aliphatic carbocycles. The van der Waals surface area contributed by atoms with Crippen LogP contribution < -0.4 is 5.73 Å². The van der Waals surface area contributed by atoms with Gasteiger partial charge in [-0.2, -0.15) is 0 Å². The molecule has 1 aliphatic rings. The fraction of sp³-hybridized carbons (Fsp3) is 0.800. The Hall–Kier alpha value is -0.940. The molecule has 2 N–H and O–H groups in total. The van der Waals surface area contributed by atoms with Crippen molar-refractivity contribution < 1.29 is 4.74 Å². The van der Waals surface area contributed by atoms with E-state index < -0.39 is 0 Å². The van der Waals surface area contributed by atoms with Crippen molar-refractivity contribution in [3.63, 3.8) is 0 Å². The highest BCUT2D eigenvalue weighted by molar-refractivity contribution is 4.92. The highest BCUT2D eigenvalue weighted by atomic mass is 16.5. The predicted molar refractivity (Wildman–Crippen MR) is 56.4 cm³/mol. The average Bonchev–Trinajstić information content (AvgIpc) is 2.85. The van der Waals surface area contributed by atoms with Crippen LogP contribution in [0.25, 0.3) is 0 Å². The first kappa shape index (κ1) is 10.6. The minimum absolute atomic E-state index is 0.423. The van der Waals surface area contributed by atoms with Crippen LogP contribution in [0.15, 0.2) is 6.20 Å². The number of rotatable bonds is 5. The molecule has 0 amide bonds. The van der Waals surface area contributed by atoms with Crippen LogP contribution in [0.4, 0.5) is 0 Å². The molecule has 0 aromatic carbocycles. The summed E-state index contributed by atoms with van der Waals surface area (Å²) in [5.41, 5.74) is 6.42. The van der Waals surface area contributed by atoms with Gasteiger partial charge in [0, 0.05) is 25.8 Å². The van der Waals surface area contributed by atoms with Crippen LogP contribution in [0.2, 0.25) is 0 Å². The molecule has 1 atom stereocenters. The summed E-state index contributed by atoms with van der Waals surface area (Å²) in [6, 6.07) is 0. The Morgan fingerprint density at radius 2 is 2.53 bits per heavy atom. The van der Waals surface area contributed by atoms with Gasteiger partial charge in [-0.1, -0.05) is 5.21 Å². The fourth-order valence-electron chi connectivity index (χ4n) is 1.86. The van der Waals surface area contributed by atoms with Crippen molar-refractivity contribution in [3.8, 4) is 0 Å². The topological polar surface area (TPSA) is 66.0 Å². The maximum Gasteiger partial charge on any atom is 0.0839 e. The Morgan fingerprint density at radius 3 is 3.27 bits per heavy atom. The summed E-state index contributed by atoms with van der Waals surface area (Å²) >= 11 is 0. The number of aryl methyl sites for hydroxylation is 1. The molecule has 1 saturated heterocycles. The molecular weight excluding hydrogens is 192 g/mol. The third kappa shape index (κ3) is 3.00. The molecule has 5 heteroatoms. The van der Waals surface area contributed by atoms with E-state index >= 15 is 0 Å². The zero-order valence-electron chi connectivity index (χ0n) is 8.93. The second-order valence-corrected chi connectivity index (χ2v) is 3.94. The number of hydrogen-bond acceptors (Lipinski definition) is 4. The SMILES string of the molecule is NCCc1cn(CCC2CCCO2)nn1. The molecule has 1 aliphatic heterocycles. The van der Waals surface area contributed by atoms with Crippen LogP contribution in [-0.4, -0.2) is 34.2 Å². The van der Waals surface area contributed by atoms with Crippen molar-refractivity contribution in [2.24, 2.45) is 5.73 Å². The van der Waals surface area contributed by atoms with Crippen molar-refractivity contribution in [1.29, 1.82) is 0 Å². The van der Waals surface area contributed by atoms with E-state index in [1.165, 1.54) is 12.8 Å². The van der Waals surface area contributed by atoms with E-state index in [1.807, 2.05) is 10.9 Å². The van der Waals surface area contributed by atoms with E-state index in [0.29, 0.717) is 12.6 Å². The molecule has 0 saturated carbocycles. The molecule has 5 nitrogen and oxygen atoms in total. The van der Waals surface area contributed by atoms with Gasteiger partial charge >= 0.3 is 0 Å². The molecule has 2 rings (SSSR count). The number of nitrogens with zero attached hydrogens (tertiary/aromatic N) is 3. The largest absolute Gasteiger partial charge is 0.378 e. The van der Waals surface area contributed by atoms with Gasteiger partial charge in [0.15, 0.2) is 0 Å². The minimum atomic E-state index is 0.423. The van der Waals surface area contributed by atoms with Crippen molar-refractivity contribution >= 4 is 0 Å². The smallest absolute Gasteiger partial charge is 0.0839 e. The van der Waals surface area contributed by atoms with Gasteiger partial charge in [0.05, 0.1) is 11.8 Å². The van der Waals surface area contributed by atoms with E-state index in [9.17, 15) is 0 Å². The van der Waals surface area contributed by atoms with Gasteiger partial charge in [-0.15, -0.1) is 5.10 Å². The Morgan fingerprint density at radius 1 is 1.60 bits per heavy atom. The maximum atomic E-state index is 5.55. The van der Waals surface area contributed by atoms with E-state index in [0.717, 1.165) is 31.7 Å². The summed E-state index contributed by atoms with van der Waals surface area (Å²) in [5.74, 6) is 0. The number of ether oxygens (including phenoxy) is 1. The molecule has 15 heavy (non-hydrogen) atoms. The highest BCUT2D eigenvalue weighted by Gasteiger charge is 2.15. The van der Waals surface area contributed by atoms with Crippen LogP contribution >= 0.6 is 0 Å². The Labute approximate surface area is 89.6 Å². The fourth-order valence-corrected chi connectivity index (χ4v) is 1.86. The summed E-state index contributed by atoms with van der Waals surface area (Å²) < 4.78 is 7.43. The monoisotopic (exact) mass is 210 g/mol. The van der Waals surface area contributed by atoms with Gasteiger partial charge in [0.25, 0.3) is 0 Å². The van der Waals surface area contributed by atoms with Crippen molar-refractivity contribution in [1.82, 2.24) is 15.0 Å². The van der Waals surface area contributed by atoms with E-state index in [2.05, 4.69) is 10.3 Å².